The van der Waals surface area contributed by atoms with E-state index in [4.69, 9.17) is 4.74 Å². The monoisotopic (exact) mass is 512 g/mol. The normalized spacial score (nSPS) is 12.8. The van der Waals surface area contributed by atoms with Crippen LogP contribution in [0.3, 0.4) is 0 Å². The zero-order valence-electron chi connectivity index (χ0n) is 19.3. The van der Waals surface area contributed by atoms with Gasteiger partial charge in [0.1, 0.15) is 11.6 Å². The van der Waals surface area contributed by atoms with Gasteiger partial charge in [-0.15, -0.1) is 21.5 Å². The Morgan fingerprint density at radius 2 is 1.83 bits per heavy atom. The molecular formula is C25H28N4O4S2. The Kier molecular flexibility index (Phi) is 8.96. The maximum absolute atomic E-state index is 12.3. The number of unbranched alkanes of at least 4 members (excludes halogenated alkanes) is 2. The van der Waals surface area contributed by atoms with Crippen LogP contribution in [-0.2, 0) is 17.9 Å². The van der Waals surface area contributed by atoms with E-state index < -0.39 is 6.09 Å². The van der Waals surface area contributed by atoms with Gasteiger partial charge in [0.15, 0.2) is 10.8 Å². The average Bonchev–Trinajstić information content (AvgIpc) is 3.37. The van der Waals surface area contributed by atoms with Gasteiger partial charge in [-0.05, 0) is 54.8 Å². The van der Waals surface area contributed by atoms with Gasteiger partial charge in [0, 0.05) is 35.9 Å². The molecule has 1 aliphatic rings. The summed E-state index contributed by atoms with van der Waals surface area (Å²) in [5.41, 5.74) is 1.44. The number of benzene rings is 1. The summed E-state index contributed by atoms with van der Waals surface area (Å²) in [6.07, 6.45) is 4.72. The molecule has 0 bridgehead atoms. The van der Waals surface area contributed by atoms with Gasteiger partial charge in [0.25, 0.3) is 5.91 Å². The molecular weight excluding hydrogens is 484 g/mol. The molecule has 8 nitrogen and oxygen atoms in total. The van der Waals surface area contributed by atoms with E-state index in [0.717, 1.165) is 47.6 Å². The van der Waals surface area contributed by atoms with Crippen LogP contribution in [0.5, 0.6) is 0 Å². The number of Topliss-reactive ketones (excluding diaryl/α,β-unsaturated/α-hetero) is 1. The van der Waals surface area contributed by atoms with Crippen molar-refractivity contribution in [2.24, 2.45) is 0 Å². The van der Waals surface area contributed by atoms with Crippen LogP contribution < -0.4 is 10.6 Å². The van der Waals surface area contributed by atoms with Gasteiger partial charge in [-0.25, -0.2) is 4.79 Å². The number of alkyl carbamates (subject to hydrolysis) is 1. The first kappa shape index (κ1) is 25.0. The lowest BCUT2D eigenvalue weighted by molar-refractivity contribution is 0.0947. The lowest BCUT2D eigenvalue weighted by Crippen LogP contribution is -2.25. The van der Waals surface area contributed by atoms with E-state index in [1.807, 2.05) is 29.6 Å². The van der Waals surface area contributed by atoms with E-state index in [0.29, 0.717) is 36.0 Å². The fraction of sp³-hybridized carbons (Fsp3) is 0.400. The minimum absolute atomic E-state index is 0.0591. The lowest BCUT2D eigenvalue weighted by atomic mass is 10.1. The van der Waals surface area contributed by atoms with Crippen molar-refractivity contribution in [3.8, 4) is 0 Å². The molecule has 10 heteroatoms. The van der Waals surface area contributed by atoms with Crippen molar-refractivity contribution in [2.45, 2.75) is 57.6 Å². The van der Waals surface area contributed by atoms with Crippen molar-refractivity contribution in [3.63, 3.8) is 0 Å². The molecule has 0 saturated heterocycles. The number of nitrogens with one attached hydrogen (secondary N) is 2. The second-order valence-corrected chi connectivity index (χ2v) is 10.5. The molecule has 3 aromatic rings. The first-order valence-electron chi connectivity index (χ1n) is 11.8. The highest BCUT2D eigenvalue weighted by molar-refractivity contribution is 7.13. The molecule has 0 spiro atoms. The predicted octanol–water partition coefficient (Wildman–Crippen LogP) is 5.08. The molecule has 2 aromatic heterocycles. The highest BCUT2D eigenvalue weighted by atomic mass is 32.1. The number of carbonyl (C=O) groups is 3. The Hall–Kier alpha value is -3.11. The van der Waals surface area contributed by atoms with E-state index in [9.17, 15) is 14.4 Å². The number of nitrogens with zero attached hydrogens (tertiary/aromatic N) is 2. The SMILES string of the molecule is O=C(NCc1ccc(C(=O)NCCCCCC(=O)c2nnc(C3CC3)s2)cc1)OCc1cccs1. The second-order valence-electron chi connectivity index (χ2n) is 8.42. The van der Waals surface area contributed by atoms with Crippen molar-refractivity contribution in [2.75, 3.05) is 6.54 Å². The van der Waals surface area contributed by atoms with Crippen LogP contribution in [0.1, 0.15) is 80.1 Å². The zero-order chi connectivity index (χ0) is 24.5. The molecule has 1 fully saturated rings. The number of amides is 2. The van der Waals surface area contributed by atoms with Crippen LogP contribution in [0.15, 0.2) is 41.8 Å². The molecule has 4 rings (SSSR count). The van der Waals surface area contributed by atoms with Gasteiger partial charge in [-0.1, -0.05) is 36.0 Å². The molecule has 2 heterocycles. The Morgan fingerprint density at radius 1 is 1.00 bits per heavy atom. The van der Waals surface area contributed by atoms with Crippen LogP contribution in [-0.4, -0.2) is 34.5 Å². The third kappa shape index (κ3) is 7.97. The van der Waals surface area contributed by atoms with E-state index in [-0.39, 0.29) is 18.3 Å². The van der Waals surface area contributed by atoms with E-state index in [1.54, 1.807) is 12.1 Å². The lowest BCUT2D eigenvalue weighted by Gasteiger charge is -2.08. The van der Waals surface area contributed by atoms with E-state index in [1.165, 1.54) is 22.7 Å². The maximum atomic E-state index is 12.3. The van der Waals surface area contributed by atoms with Gasteiger partial charge < -0.3 is 15.4 Å². The quantitative estimate of drug-likeness (QED) is 0.244. The largest absolute Gasteiger partial charge is 0.444 e. The van der Waals surface area contributed by atoms with E-state index in [2.05, 4.69) is 20.8 Å². The summed E-state index contributed by atoms with van der Waals surface area (Å²) in [6.45, 7) is 1.13. The minimum atomic E-state index is -0.478. The number of thiophene rings is 1. The van der Waals surface area contributed by atoms with Crippen molar-refractivity contribution in [1.82, 2.24) is 20.8 Å². The number of hydrogen-bond donors (Lipinski definition) is 2. The third-order valence-corrected chi connectivity index (χ3v) is 7.53. The average molecular weight is 513 g/mol. The Morgan fingerprint density at radius 3 is 2.57 bits per heavy atom. The van der Waals surface area contributed by atoms with Crippen LogP contribution >= 0.6 is 22.7 Å². The molecule has 2 amide bonds. The number of hydrogen-bond acceptors (Lipinski definition) is 8. The van der Waals surface area contributed by atoms with Gasteiger partial charge in [-0.3, -0.25) is 9.59 Å². The van der Waals surface area contributed by atoms with Crippen molar-refractivity contribution in [1.29, 1.82) is 0 Å². The molecule has 184 valence electrons. The Balaban J connectivity index is 1.07. The molecule has 1 aliphatic carbocycles. The van der Waals surface area contributed by atoms with Crippen LogP contribution in [0, 0.1) is 0 Å². The number of rotatable bonds is 13. The molecule has 0 radical (unpaired) electrons. The van der Waals surface area contributed by atoms with Gasteiger partial charge in [0.2, 0.25) is 0 Å². The summed E-state index contributed by atoms with van der Waals surface area (Å²) >= 11 is 2.97. The summed E-state index contributed by atoms with van der Waals surface area (Å²) in [4.78, 5) is 37.4. The van der Waals surface area contributed by atoms with Crippen molar-refractivity contribution < 1.29 is 19.1 Å². The summed E-state index contributed by atoms with van der Waals surface area (Å²) < 4.78 is 5.16. The van der Waals surface area contributed by atoms with Crippen LogP contribution in [0.4, 0.5) is 4.79 Å². The van der Waals surface area contributed by atoms with Crippen molar-refractivity contribution >= 4 is 40.5 Å². The third-order valence-electron chi connectivity index (χ3n) is 5.55. The smallest absolute Gasteiger partial charge is 0.407 e. The summed E-state index contributed by atoms with van der Waals surface area (Å²) in [5, 5.41) is 17.2. The Labute approximate surface area is 212 Å². The number of carbonyl (C=O) groups excluding carboxylic acids is 3. The van der Waals surface area contributed by atoms with E-state index >= 15 is 0 Å². The maximum Gasteiger partial charge on any atom is 0.407 e. The van der Waals surface area contributed by atoms with Crippen LogP contribution in [0.25, 0.3) is 0 Å². The molecule has 2 N–H and O–H groups in total. The number of aromatic nitrogens is 2. The molecule has 1 saturated carbocycles. The molecule has 1 aromatic carbocycles. The highest BCUT2D eigenvalue weighted by Gasteiger charge is 2.28. The zero-order valence-corrected chi connectivity index (χ0v) is 21.0. The van der Waals surface area contributed by atoms with Crippen LogP contribution in [0.2, 0.25) is 0 Å². The first-order valence-corrected chi connectivity index (χ1v) is 13.4. The number of ether oxygens (including phenoxy) is 1. The fourth-order valence-electron chi connectivity index (χ4n) is 3.37. The predicted molar refractivity (Wildman–Crippen MR) is 135 cm³/mol. The van der Waals surface area contributed by atoms with Gasteiger partial charge in [-0.2, -0.15) is 0 Å². The second kappa shape index (κ2) is 12.6. The summed E-state index contributed by atoms with van der Waals surface area (Å²) in [5.74, 6) is 0.442. The number of ketones is 1. The molecule has 0 atom stereocenters. The van der Waals surface area contributed by atoms with Gasteiger partial charge in [0.05, 0.1) is 0 Å². The highest BCUT2D eigenvalue weighted by Crippen LogP contribution is 2.41. The first-order chi connectivity index (χ1) is 17.1. The molecule has 0 unspecified atom stereocenters. The van der Waals surface area contributed by atoms with Gasteiger partial charge >= 0.3 is 6.09 Å². The molecule has 0 aliphatic heterocycles. The topological polar surface area (TPSA) is 110 Å². The summed E-state index contributed by atoms with van der Waals surface area (Å²) in [6, 6.07) is 10.9. The van der Waals surface area contributed by atoms with Crippen molar-refractivity contribution in [3.05, 3.63) is 67.8 Å². The standard InChI is InChI=1S/C25H28N4O4S2/c30-21(24-29-28-23(35-24)19-11-12-19)6-2-1-3-13-26-22(31)18-9-7-17(8-10-18)15-27-25(32)33-16-20-5-4-14-34-20/h4-5,7-10,14,19H,1-3,6,11-13,15-16H2,(H,26,31)(H,27,32). The summed E-state index contributed by atoms with van der Waals surface area (Å²) in [7, 11) is 0. The Bertz CT molecular complexity index is 1120. The minimum Gasteiger partial charge on any atom is -0.444 e. The fourth-order valence-corrected chi connectivity index (χ4v) is 4.97. The molecule has 35 heavy (non-hydrogen) atoms.